The first-order valence-electron chi connectivity index (χ1n) is 10.3. The van der Waals surface area contributed by atoms with Crippen LogP contribution in [-0.2, 0) is 4.74 Å². The van der Waals surface area contributed by atoms with E-state index < -0.39 is 0 Å². The number of nitrogens with zero attached hydrogens (tertiary/aromatic N) is 4. The highest BCUT2D eigenvalue weighted by molar-refractivity contribution is 6.05. The van der Waals surface area contributed by atoms with Crippen LogP contribution in [0.25, 0.3) is 16.7 Å². The Balaban J connectivity index is 1.33. The molecule has 0 bridgehead atoms. The number of carbonyl (C=O) groups excluding carboxylic acids is 1. The Kier molecular flexibility index (Phi) is 5.09. The molecule has 1 amide bonds. The monoisotopic (exact) mass is 413 g/mol. The number of benzene rings is 2. The number of aromatic nitrogens is 3. The lowest BCUT2D eigenvalue weighted by atomic mass is 10.2. The van der Waals surface area contributed by atoms with E-state index in [4.69, 9.17) is 4.74 Å². The predicted molar refractivity (Wildman–Crippen MR) is 121 cm³/mol. The molecule has 1 aliphatic heterocycles. The maximum atomic E-state index is 12.9. The lowest BCUT2D eigenvalue weighted by Crippen LogP contribution is -2.36. The van der Waals surface area contributed by atoms with E-state index in [1.165, 1.54) is 0 Å². The van der Waals surface area contributed by atoms with Crippen molar-refractivity contribution in [2.45, 2.75) is 6.92 Å². The highest BCUT2D eigenvalue weighted by Gasteiger charge is 2.17. The summed E-state index contributed by atoms with van der Waals surface area (Å²) < 4.78 is 7.10. The van der Waals surface area contributed by atoms with E-state index in [-0.39, 0.29) is 5.91 Å². The van der Waals surface area contributed by atoms with Gasteiger partial charge in [0.2, 0.25) is 0 Å². The number of hydrogen-bond donors (Lipinski definition) is 1. The average Bonchev–Trinajstić information content (AvgIpc) is 3.21. The third-order valence-corrected chi connectivity index (χ3v) is 5.56. The molecule has 2 aromatic heterocycles. The molecule has 5 rings (SSSR count). The number of carbonyl (C=O) groups is 1. The summed E-state index contributed by atoms with van der Waals surface area (Å²) in [5.41, 5.74) is 4.03. The Bertz CT molecular complexity index is 1230. The van der Waals surface area contributed by atoms with E-state index in [2.05, 4.69) is 20.3 Å². The molecular formula is C24H23N5O2. The van der Waals surface area contributed by atoms with Gasteiger partial charge in [-0.2, -0.15) is 5.10 Å². The zero-order valence-electron chi connectivity index (χ0n) is 17.3. The molecule has 0 unspecified atom stereocenters. The molecule has 4 aromatic rings. The first-order valence-corrected chi connectivity index (χ1v) is 10.3. The fourth-order valence-corrected chi connectivity index (χ4v) is 3.81. The van der Waals surface area contributed by atoms with Crippen LogP contribution in [0.5, 0.6) is 0 Å². The Hall–Kier alpha value is -3.71. The van der Waals surface area contributed by atoms with Gasteiger partial charge in [-0.05, 0) is 49.4 Å². The molecule has 1 saturated heterocycles. The number of para-hydroxylation sites is 1. The summed E-state index contributed by atoms with van der Waals surface area (Å²) in [4.78, 5) is 19.8. The second kappa shape index (κ2) is 8.20. The average molecular weight is 413 g/mol. The van der Waals surface area contributed by atoms with E-state index in [9.17, 15) is 4.79 Å². The minimum Gasteiger partial charge on any atom is -0.378 e. The number of nitrogens with one attached hydrogen (secondary N) is 1. The molecule has 7 heteroatoms. The SMILES string of the molecule is Cc1c(C(=O)Nc2ccc(N3CCOCC3)cc2)cnn1-c1ccc2ccccc2n1. The van der Waals surface area contributed by atoms with Gasteiger partial charge in [0.1, 0.15) is 0 Å². The number of pyridine rings is 1. The van der Waals surface area contributed by atoms with E-state index in [0.717, 1.165) is 54.3 Å². The Labute approximate surface area is 180 Å². The van der Waals surface area contributed by atoms with Crippen LogP contribution in [0.4, 0.5) is 11.4 Å². The molecule has 3 heterocycles. The fourth-order valence-electron chi connectivity index (χ4n) is 3.81. The largest absolute Gasteiger partial charge is 0.378 e. The molecule has 1 N–H and O–H groups in total. The Morgan fingerprint density at radius 3 is 2.58 bits per heavy atom. The van der Waals surface area contributed by atoms with Gasteiger partial charge in [0.15, 0.2) is 5.82 Å². The number of rotatable bonds is 4. The van der Waals surface area contributed by atoms with Gasteiger partial charge in [-0.25, -0.2) is 9.67 Å². The summed E-state index contributed by atoms with van der Waals surface area (Å²) in [6.45, 7) is 5.13. The van der Waals surface area contributed by atoms with Gasteiger partial charge in [0, 0.05) is 29.9 Å². The molecule has 1 fully saturated rings. The number of morpholine rings is 1. The molecule has 0 saturated carbocycles. The van der Waals surface area contributed by atoms with Gasteiger partial charge in [0.05, 0.1) is 36.2 Å². The smallest absolute Gasteiger partial charge is 0.259 e. The maximum Gasteiger partial charge on any atom is 0.259 e. The van der Waals surface area contributed by atoms with Gasteiger partial charge < -0.3 is 15.0 Å². The van der Waals surface area contributed by atoms with Gasteiger partial charge in [-0.15, -0.1) is 0 Å². The number of hydrogen-bond acceptors (Lipinski definition) is 5. The minimum atomic E-state index is -0.191. The lowest BCUT2D eigenvalue weighted by molar-refractivity contribution is 0.102. The zero-order chi connectivity index (χ0) is 21.2. The molecule has 0 atom stereocenters. The first-order chi connectivity index (χ1) is 15.2. The van der Waals surface area contributed by atoms with Crippen molar-refractivity contribution in [1.29, 1.82) is 0 Å². The Morgan fingerprint density at radius 2 is 1.77 bits per heavy atom. The third kappa shape index (κ3) is 3.87. The van der Waals surface area contributed by atoms with Crippen LogP contribution in [0.2, 0.25) is 0 Å². The van der Waals surface area contributed by atoms with E-state index in [1.54, 1.807) is 10.9 Å². The van der Waals surface area contributed by atoms with Gasteiger partial charge in [-0.3, -0.25) is 4.79 Å². The van der Waals surface area contributed by atoms with Crippen molar-refractivity contribution >= 4 is 28.2 Å². The molecule has 0 radical (unpaired) electrons. The van der Waals surface area contributed by atoms with Gasteiger partial charge in [0.25, 0.3) is 5.91 Å². The summed E-state index contributed by atoms with van der Waals surface area (Å²) in [5.74, 6) is 0.494. The standard InChI is InChI=1S/C24H23N5O2/c1-17-21(16-25-29(17)23-11-6-18-4-2-3-5-22(18)27-23)24(30)26-19-7-9-20(10-8-19)28-12-14-31-15-13-28/h2-11,16H,12-15H2,1H3,(H,26,30). The lowest BCUT2D eigenvalue weighted by Gasteiger charge is -2.28. The van der Waals surface area contributed by atoms with Crippen molar-refractivity contribution in [3.05, 3.63) is 78.1 Å². The number of amides is 1. The Morgan fingerprint density at radius 1 is 1.00 bits per heavy atom. The molecule has 7 nitrogen and oxygen atoms in total. The summed E-state index contributed by atoms with van der Waals surface area (Å²) in [6.07, 6.45) is 1.59. The summed E-state index contributed by atoms with van der Waals surface area (Å²) in [5, 5.41) is 8.44. The second-order valence-corrected chi connectivity index (χ2v) is 7.52. The van der Waals surface area contributed by atoms with Crippen LogP contribution in [0.3, 0.4) is 0 Å². The van der Waals surface area contributed by atoms with Crippen LogP contribution in [0.1, 0.15) is 16.1 Å². The second-order valence-electron chi connectivity index (χ2n) is 7.52. The van der Waals surface area contributed by atoms with Crippen LogP contribution in [-0.4, -0.2) is 47.0 Å². The van der Waals surface area contributed by atoms with Gasteiger partial charge >= 0.3 is 0 Å². The number of ether oxygens (including phenoxy) is 1. The summed E-state index contributed by atoms with van der Waals surface area (Å²) in [7, 11) is 0. The highest BCUT2D eigenvalue weighted by atomic mass is 16.5. The molecular weight excluding hydrogens is 390 g/mol. The molecule has 31 heavy (non-hydrogen) atoms. The van der Waals surface area contributed by atoms with Gasteiger partial charge in [-0.1, -0.05) is 18.2 Å². The van der Waals surface area contributed by atoms with Crippen LogP contribution in [0, 0.1) is 6.92 Å². The molecule has 1 aliphatic rings. The quantitative estimate of drug-likeness (QED) is 0.551. The van der Waals surface area contributed by atoms with E-state index >= 15 is 0 Å². The van der Waals surface area contributed by atoms with Crippen molar-refractivity contribution in [3.63, 3.8) is 0 Å². The normalized spacial score (nSPS) is 14.0. The zero-order valence-corrected chi connectivity index (χ0v) is 17.3. The maximum absolute atomic E-state index is 12.9. The van der Waals surface area contributed by atoms with E-state index in [0.29, 0.717) is 11.4 Å². The molecule has 156 valence electrons. The van der Waals surface area contributed by atoms with Crippen LogP contribution in [0.15, 0.2) is 66.9 Å². The topological polar surface area (TPSA) is 72.3 Å². The minimum absolute atomic E-state index is 0.191. The fraction of sp³-hybridized carbons (Fsp3) is 0.208. The van der Waals surface area contributed by atoms with Crippen LogP contribution >= 0.6 is 0 Å². The van der Waals surface area contributed by atoms with Crippen molar-refractivity contribution in [1.82, 2.24) is 14.8 Å². The predicted octanol–water partition coefficient (Wildman–Crippen LogP) is 3.82. The molecule has 2 aromatic carbocycles. The summed E-state index contributed by atoms with van der Waals surface area (Å²) >= 11 is 0. The molecule has 0 aliphatic carbocycles. The highest BCUT2D eigenvalue weighted by Crippen LogP contribution is 2.21. The summed E-state index contributed by atoms with van der Waals surface area (Å²) in [6, 6.07) is 19.7. The number of fused-ring (bicyclic) bond motifs is 1. The molecule has 0 spiro atoms. The van der Waals surface area contributed by atoms with Crippen molar-refractivity contribution in [2.24, 2.45) is 0 Å². The number of anilines is 2. The van der Waals surface area contributed by atoms with Crippen molar-refractivity contribution in [2.75, 3.05) is 36.5 Å². The van der Waals surface area contributed by atoms with Crippen molar-refractivity contribution < 1.29 is 9.53 Å². The van der Waals surface area contributed by atoms with E-state index in [1.807, 2.05) is 67.6 Å². The van der Waals surface area contributed by atoms with Crippen LogP contribution < -0.4 is 10.2 Å². The third-order valence-electron chi connectivity index (χ3n) is 5.56. The first kappa shape index (κ1) is 19.3. The van der Waals surface area contributed by atoms with Crippen molar-refractivity contribution in [3.8, 4) is 5.82 Å².